The highest BCUT2D eigenvalue weighted by molar-refractivity contribution is 7.89. The van der Waals surface area contributed by atoms with E-state index >= 15 is 0 Å². The van der Waals surface area contributed by atoms with Crippen molar-refractivity contribution in [1.82, 2.24) is 9.21 Å². The Hall–Kier alpha value is -3.22. The maximum Gasteiger partial charge on any atom is 0.270 e. The van der Waals surface area contributed by atoms with Crippen molar-refractivity contribution in [2.45, 2.75) is 50.0 Å². The van der Waals surface area contributed by atoms with Crippen molar-refractivity contribution in [1.29, 1.82) is 0 Å². The smallest absolute Gasteiger partial charge is 0.270 e. The van der Waals surface area contributed by atoms with E-state index < -0.39 is 14.9 Å². The second kappa shape index (κ2) is 11.0. The molecule has 1 saturated heterocycles. The summed E-state index contributed by atoms with van der Waals surface area (Å²) in [5.41, 5.74) is 4.95. The molecule has 0 radical (unpaired) electrons. The Morgan fingerprint density at radius 1 is 0.946 bits per heavy atom. The van der Waals surface area contributed by atoms with Gasteiger partial charge in [0.1, 0.15) is 4.90 Å². The maximum atomic E-state index is 13.6. The molecule has 2 aromatic rings. The van der Waals surface area contributed by atoms with Gasteiger partial charge in [-0.1, -0.05) is 18.9 Å². The molecular formula is C25H31N5O6S. The number of hydrogen-bond donors (Lipinski definition) is 1. The number of ether oxygens (including phenoxy) is 2. The molecular weight excluding hydrogens is 498 g/mol. The second-order valence-electron chi connectivity index (χ2n) is 9.51. The number of hydrazone groups is 1. The number of non-ortho nitro benzene ring substituents is 1. The Bertz CT molecular complexity index is 1280. The van der Waals surface area contributed by atoms with Crippen LogP contribution in [0.15, 0.2) is 46.4 Å². The standard InChI is InChI=1S/C25H31N5O6S/c31-30(32)21-8-9-22(27-26-20-5-3-1-2-4-6-20)25(16-21)37(33,34)29-13-11-28(12-14-29)17-19-7-10-23-24(15-19)36-18-35-23/h7-10,15-16,27H,1-6,11-14,17-18H2. The number of sulfonamides is 1. The van der Waals surface area contributed by atoms with Gasteiger partial charge in [0.25, 0.3) is 5.69 Å². The molecule has 2 aliphatic heterocycles. The Labute approximate surface area is 216 Å². The molecule has 198 valence electrons. The highest BCUT2D eigenvalue weighted by atomic mass is 32.2. The molecule has 2 fully saturated rings. The van der Waals surface area contributed by atoms with Gasteiger partial charge in [-0.05, 0) is 49.4 Å². The van der Waals surface area contributed by atoms with Gasteiger partial charge in [0.2, 0.25) is 16.8 Å². The SMILES string of the molecule is O=[N+]([O-])c1ccc(NN=C2CCCCCC2)c(S(=O)(=O)N2CCN(Cc3ccc4c(c3)OCO4)CC2)c1. The van der Waals surface area contributed by atoms with Crippen molar-refractivity contribution in [2.75, 3.05) is 38.4 Å². The quantitative estimate of drug-likeness (QED) is 0.325. The summed E-state index contributed by atoms with van der Waals surface area (Å²) in [6.07, 6.45) is 6.18. The van der Waals surface area contributed by atoms with Crippen LogP contribution in [0.5, 0.6) is 11.5 Å². The molecule has 0 atom stereocenters. The summed E-state index contributed by atoms with van der Waals surface area (Å²) in [4.78, 5) is 12.9. The van der Waals surface area contributed by atoms with Crippen molar-refractivity contribution in [2.24, 2.45) is 5.10 Å². The zero-order valence-electron chi connectivity index (χ0n) is 20.6. The molecule has 5 rings (SSSR count). The van der Waals surface area contributed by atoms with Crippen molar-refractivity contribution >= 4 is 27.1 Å². The molecule has 2 heterocycles. The van der Waals surface area contributed by atoms with Crippen LogP contribution in [0.2, 0.25) is 0 Å². The van der Waals surface area contributed by atoms with E-state index in [1.165, 1.54) is 16.4 Å². The number of piperazine rings is 1. The summed E-state index contributed by atoms with van der Waals surface area (Å²) in [7, 11) is -3.98. The van der Waals surface area contributed by atoms with E-state index in [4.69, 9.17) is 9.47 Å². The zero-order valence-corrected chi connectivity index (χ0v) is 21.4. The van der Waals surface area contributed by atoms with Gasteiger partial charge >= 0.3 is 0 Å². The number of hydrogen-bond acceptors (Lipinski definition) is 9. The lowest BCUT2D eigenvalue weighted by atomic mass is 10.2. The monoisotopic (exact) mass is 529 g/mol. The predicted octanol–water partition coefficient (Wildman–Crippen LogP) is 3.95. The van der Waals surface area contributed by atoms with Gasteiger partial charge in [-0.25, -0.2) is 8.42 Å². The maximum absolute atomic E-state index is 13.6. The van der Waals surface area contributed by atoms with E-state index in [9.17, 15) is 18.5 Å². The molecule has 0 bridgehead atoms. The molecule has 0 unspecified atom stereocenters. The third-order valence-corrected chi connectivity index (χ3v) is 8.92. The van der Waals surface area contributed by atoms with E-state index in [1.54, 1.807) is 0 Å². The van der Waals surface area contributed by atoms with Crippen LogP contribution in [0.3, 0.4) is 0 Å². The molecule has 3 aliphatic rings. The summed E-state index contributed by atoms with van der Waals surface area (Å²) in [5, 5.41) is 15.9. The Kier molecular flexibility index (Phi) is 7.58. The molecule has 2 aromatic carbocycles. The molecule has 11 nitrogen and oxygen atoms in total. The summed E-state index contributed by atoms with van der Waals surface area (Å²) < 4.78 is 39.5. The summed E-state index contributed by atoms with van der Waals surface area (Å²) in [6, 6.07) is 9.67. The van der Waals surface area contributed by atoms with Crippen LogP contribution in [0.25, 0.3) is 0 Å². The Morgan fingerprint density at radius 2 is 1.68 bits per heavy atom. The van der Waals surface area contributed by atoms with Gasteiger partial charge in [-0.15, -0.1) is 0 Å². The number of anilines is 1. The Morgan fingerprint density at radius 3 is 2.41 bits per heavy atom. The average molecular weight is 530 g/mol. The van der Waals surface area contributed by atoms with Gasteiger partial charge in [-0.2, -0.15) is 9.41 Å². The lowest BCUT2D eigenvalue weighted by Crippen LogP contribution is -2.48. The molecule has 12 heteroatoms. The first-order valence-electron chi connectivity index (χ1n) is 12.6. The van der Waals surface area contributed by atoms with Crippen LogP contribution >= 0.6 is 0 Å². The molecule has 1 aliphatic carbocycles. The van der Waals surface area contributed by atoms with Crippen LogP contribution in [0.4, 0.5) is 11.4 Å². The summed E-state index contributed by atoms with van der Waals surface area (Å²) >= 11 is 0. The molecule has 0 aromatic heterocycles. The van der Waals surface area contributed by atoms with Crippen LogP contribution in [-0.2, 0) is 16.6 Å². The third-order valence-electron chi connectivity index (χ3n) is 6.98. The highest BCUT2D eigenvalue weighted by Crippen LogP contribution is 2.33. The van der Waals surface area contributed by atoms with Crippen LogP contribution in [-0.4, -0.2) is 61.2 Å². The topological polar surface area (TPSA) is 127 Å². The fourth-order valence-corrected chi connectivity index (χ4v) is 6.47. The predicted molar refractivity (Wildman–Crippen MR) is 138 cm³/mol. The van der Waals surface area contributed by atoms with Gasteiger partial charge in [-0.3, -0.25) is 20.4 Å². The number of nitro benzene ring substituents is 1. The minimum Gasteiger partial charge on any atom is -0.454 e. The van der Waals surface area contributed by atoms with E-state index in [2.05, 4.69) is 15.4 Å². The number of fused-ring (bicyclic) bond motifs is 1. The second-order valence-corrected chi connectivity index (χ2v) is 11.4. The van der Waals surface area contributed by atoms with Gasteiger partial charge in [0.15, 0.2) is 11.5 Å². The number of nitrogens with zero attached hydrogens (tertiary/aromatic N) is 4. The lowest BCUT2D eigenvalue weighted by molar-refractivity contribution is -0.385. The van der Waals surface area contributed by atoms with E-state index in [0.29, 0.717) is 19.6 Å². The number of nitrogens with one attached hydrogen (secondary N) is 1. The fraction of sp³-hybridized carbons (Fsp3) is 0.480. The van der Waals surface area contributed by atoms with Gasteiger partial charge in [0.05, 0.1) is 10.6 Å². The van der Waals surface area contributed by atoms with E-state index in [1.807, 2.05) is 18.2 Å². The molecule has 0 amide bonds. The first kappa shape index (κ1) is 25.4. The van der Waals surface area contributed by atoms with Crippen molar-refractivity contribution in [3.63, 3.8) is 0 Å². The van der Waals surface area contributed by atoms with Gasteiger partial charge in [0, 0.05) is 50.6 Å². The first-order chi connectivity index (χ1) is 17.9. The average Bonchev–Trinajstić information content (AvgIpc) is 3.21. The number of benzene rings is 2. The molecule has 1 N–H and O–H groups in total. The van der Waals surface area contributed by atoms with Crippen molar-refractivity contribution in [3.8, 4) is 11.5 Å². The molecule has 37 heavy (non-hydrogen) atoms. The minimum absolute atomic E-state index is 0.121. The fourth-order valence-electron chi connectivity index (χ4n) is 4.88. The normalized spacial score (nSPS) is 18.9. The minimum atomic E-state index is -3.98. The zero-order chi connectivity index (χ0) is 25.8. The summed E-state index contributed by atoms with van der Waals surface area (Å²) in [5.74, 6) is 1.45. The lowest BCUT2D eigenvalue weighted by Gasteiger charge is -2.34. The van der Waals surface area contributed by atoms with Crippen LogP contribution < -0.4 is 14.9 Å². The Balaban J connectivity index is 1.30. The van der Waals surface area contributed by atoms with Crippen molar-refractivity contribution in [3.05, 3.63) is 52.1 Å². The third kappa shape index (κ3) is 5.86. The molecule has 1 saturated carbocycles. The van der Waals surface area contributed by atoms with Gasteiger partial charge < -0.3 is 9.47 Å². The van der Waals surface area contributed by atoms with E-state index in [-0.39, 0.29) is 36.2 Å². The summed E-state index contributed by atoms with van der Waals surface area (Å²) in [6.45, 7) is 2.51. The largest absolute Gasteiger partial charge is 0.454 e. The van der Waals surface area contributed by atoms with E-state index in [0.717, 1.165) is 67.4 Å². The first-order valence-corrected chi connectivity index (χ1v) is 14.0. The highest BCUT2D eigenvalue weighted by Gasteiger charge is 2.32. The van der Waals surface area contributed by atoms with Crippen LogP contribution in [0.1, 0.15) is 44.1 Å². The van der Waals surface area contributed by atoms with Crippen molar-refractivity contribution < 1.29 is 22.8 Å². The number of rotatable bonds is 7. The number of nitro groups is 1. The molecule has 0 spiro atoms. The van der Waals surface area contributed by atoms with Crippen LogP contribution in [0, 0.1) is 10.1 Å².